The lowest BCUT2D eigenvalue weighted by Crippen LogP contribution is -2.44. The van der Waals surface area contributed by atoms with E-state index in [0.29, 0.717) is 5.69 Å². The molecule has 1 amide bonds. The van der Waals surface area contributed by atoms with E-state index < -0.39 is 17.6 Å². The van der Waals surface area contributed by atoms with Gasteiger partial charge in [0.1, 0.15) is 0 Å². The predicted octanol–water partition coefficient (Wildman–Crippen LogP) is 6.86. The van der Waals surface area contributed by atoms with E-state index in [4.69, 9.17) is 0 Å². The van der Waals surface area contributed by atoms with E-state index in [9.17, 15) is 18.0 Å². The van der Waals surface area contributed by atoms with Gasteiger partial charge in [-0.2, -0.15) is 18.3 Å². The molecule has 3 heterocycles. The molecule has 2 aromatic heterocycles. The van der Waals surface area contributed by atoms with Crippen molar-refractivity contribution in [3.05, 3.63) is 114 Å². The molecule has 1 fully saturated rings. The standard InChI is InChI=1S/C35H33F3N6O/c1-24-6-9-31(41-34(45)17-25-4-3-5-30(16-25)35(36,37)38)19-33(24)44-23-29(22-40-44)28-18-27(20-39-21-28)26-7-10-32(11-8-26)43-14-12-42(2)13-15-43/h3-11,16,18-23H,12-15,17H2,1-2H3,(H,41,45). The molecule has 1 aliphatic rings. The number of hydrogen-bond acceptors (Lipinski definition) is 5. The van der Waals surface area contributed by atoms with Crippen LogP contribution in [0.1, 0.15) is 16.7 Å². The summed E-state index contributed by atoms with van der Waals surface area (Å²) in [5.74, 6) is -0.412. The second kappa shape index (κ2) is 12.6. The highest BCUT2D eigenvalue weighted by atomic mass is 19.4. The molecule has 1 N–H and O–H groups in total. The van der Waals surface area contributed by atoms with Crippen LogP contribution in [0.4, 0.5) is 24.5 Å². The molecule has 5 aromatic rings. The first-order valence-corrected chi connectivity index (χ1v) is 14.7. The van der Waals surface area contributed by atoms with Crippen LogP contribution in [0.15, 0.2) is 97.6 Å². The number of aromatic nitrogens is 3. The summed E-state index contributed by atoms with van der Waals surface area (Å²) >= 11 is 0. The maximum absolute atomic E-state index is 13.1. The minimum Gasteiger partial charge on any atom is -0.369 e. The molecule has 0 bridgehead atoms. The van der Waals surface area contributed by atoms with Crippen molar-refractivity contribution in [3.63, 3.8) is 0 Å². The van der Waals surface area contributed by atoms with Gasteiger partial charge < -0.3 is 15.1 Å². The highest BCUT2D eigenvalue weighted by molar-refractivity contribution is 5.92. The third-order valence-corrected chi connectivity index (χ3v) is 8.08. The number of amides is 1. The van der Waals surface area contributed by atoms with Crippen LogP contribution in [-0.4, -0.2) is 58.8 Å². The van der Waals surface area contributed by atoms with Crippen molar-refractivity contribution in [3.8, 4) is 27.9 Å². The number of nitrogens with one attached hydrogen (secondary N) is 1. The first-order chi connectivity index (χ1) is 21.6. The number of alkyl halides is 3. The molecular formula is C35H33F3N6O. The minimum atomic E-state index is -4.46. The summed E-state index contributed by atoms with van der Waals surface area (Å²) in [5.41, 5.74) is 6.85. The first-order valence-electron chi connectivity index (χ1n) is 14.7. The Hall–Kier alpha value is -4.96. The average molecular weight is 611 g/mol. The van der Waals surface area contributed by atoms with Gasteiger partial charge in [0.05, 0.1) is 23.9 Å². The zero-order valence-electron chi connectivity index (χ0n) is 25.1. The smallest absolute Gasteiger partial charge is 0.369 e. The van der Waals surface area contributed by atoms with Crippen molar-refractivity contribution in [2.75, 3.05) is 43.4 Å². The molecule has 3 aromatic carbocycles. The van der Waals surface area contributed by atoms with Crippen LogP contribution in [0, 0.1) is 6.92 Å². The van der Waals surface area contributed by atoms with Crippen molar-refractivity contribution in [1.82, 2.24) is 19.7 Å². The summed E-state index contributed by atoms with van der Waals surface area (Å²) in [6.07, 6.45) is 2.70. The number of piperazine rings is 1. The van der Waals surface area contributed by atoms with Crippen LogP contribution in [0.25, 0.3) is 27.9 Å². The molecule has 1 saturated heterocycles. The summed E-state index contributed by atoms with van der Waals surface area (Å²) in [6, 6.07) is 20.9. The second-order valence-corrected chi connectivity index (χ2v) is 11.4. The molecule has 230 valence electrons. The maximum Gasteiger partial charge on any atom is 0.416 e. The molecular weight excluding hydrogens is 577 g/mol. The van der Waals surface area contributed by atoms with E-state index in [0.717, 1.165) is 71.8 Å². The molecule has 45 heavy (non-hydrogen) atoms. The Morgan fingerprint density at radius 3 is 2.31 bits per heavy atom. The molecule has 1 aliphatic heterocycles. The number of pyridine rings is 1. The normalized spacial score (nSPS) is 14.0. The Bertz CT molecular complexity index is 1810. The fraction of sp³-hybridized carbons (Fsp3) is 0.229. The molecule has 6 rings (SSSR count). The third-order valence-electron chi connectivity index (χ3n) is 8.08. The van der Waals surface area contributed by atoms with Gasteiger partial charge in [0.15, 0.2) is 0 Å². The summed E-state index contributed by atoms with van der Waals surface area (Å²) in [6.45, 7) is 6.10. The van der Waals surface area contributed by atoms with Gasteiger partial charge in [-0.05, 0) is 67.1 Å². The van der Waals surface area contributed by atoms with Gasteiger partial charge in [0, 0.05) is 72.8 Å². The van der Waals surface area contributed by atoms with E-state index in [1.165, 1.54) is 17.8 Å². The topological polar surface area (TPSA) is 66.3 Å². The average Bonchev–Trinajstić information content (AvgIpc) is 3.53. The van der Waals surface area contributed by atoms with Crippen molar-refractivity contribution >= 4 is 17.3 Å². The Morgan fingerprint density at radius 1 is 0.844 bits per heavy atom. The van der Waals surface area contributed by atoms with Gasteiger partial charge in [-0.15, -0.1) is 0 Å². The monoisotopic (exact) mass is 610 g/mol. The quantitative estimate of drug-likeness (QED) is 0.218. The molecule has 10 heteroatoms. The minimum absolute atomic E-state index is 0.180. The lowest BCUT2D eigenvalue weighted by molar-refractivity contribution is -0.137. The molecule has 0 aliphatic carbocycles. The summed E-state index contributed by atoms with van der Waals surface area (Å²) in [4.78, 5) is 21.9. The lowest BCUT2D eigenvalue weighted by Gasteiger charge is -2.34. The first kappa shape index (κ1) is 30.1. The maximum atomic E-state index is 13.1. The summed E-state index contributed by atoms with van der Waals surface area (Å²) < 4.78 is 41.0. The van der Waals surface area contributed by atoms with Crippen LogP contribution >= 0.6 is 0 Å². The number of benzene rings is 3. The van der Waals surface area contributed by atoms with E-state index in [1.807, 2.05) is 25.4 Å². The molecule has 0 radical (unpaired) electrons. The number of hydrogen-bond donors (Lipinski definition) is 1. The SMILES string of the molecule is Cc1ccc(NC(=O)Cc2cccc(C(F)(F)F)c2)cc1-n1cc(-c2cncc(-c3ccc(N4CCN(C)CC4)cc3)c2)cn1. The van der Waals surface area contributed by atoms with E-state index in [2.05, 4.69) is 62.6 Å². The van der Waals surface area contributed by atoms with Gasteiger partial charge in [-0.3, -0.25) is 9.78 Å². The van der Waals surface area contributed by atoms with Crippen molar-refractivity contribution in [2.24, 2.45) is 0 Å². The number of anilines is 2. The number of rotatable bonds is 7. The third kappa shape index (κ3) is 7.07. The Kier molecular flexibility index (Phi) is 8.40. The molecule has 7 nitrogen and oxygen atoms in total. The highest BCUT2D eigenvalue weighted by Crippen LogP contribution is 2.31. The highest BCUT2D eigenvalue weighted by Gasteiger charge is 2.30. The number of nitrogens with zero attached hydrogens (tertiary/aromatic N) is 5. The van der Waals surface area contributed by atoms with Crippen molar-refractivity contribution in [2.45, 2.75) is 19.5 Å². The van der Waals surface area contributed by atoms with Gasteiger partial charge in [0.2, 0.25) is 5.91 Å². The number of aryl methyl sites for hydroxylation is 1. The number of halogens is 3. The van der Waals surface area contributed by atoms with E-state index in [-0.39, 0.29) is 12.0 Å². The number of carbonyl (C=O) groups is 1. The van der Waals surface area contributed by atoms with Crippen LogP contribution < -0.4 is 10.2 Å². The number of likely N-dealkylation sites (N-methyl/N-ethyl adjacent to an activating group) is 1. The fourth-order valence-corrected chi connectivity index (χ4v) is 5.47. The van der Waals surface area contributed by atoms with Gasteiger partial charge in [-0.1, -0.05) is 36.4 Å². The zero-order valence-corrected chi connectivity index (χ0v) is 25.1. The zero-order chi connectivity index (χ0) is 31.6. The number of carbonyl (C=O) groups excluding carboxylic acids is 1. The van der Waals surface area contributed by atoms with Crippen LogP contribution in [0.3, 0.4) is 0 Å². The Balaban J connectivity index is 1.16. The van der Waals surface area contributed by atoms with Crippen LogP contribution in [0.2, 0.25) is 0 Å². The Labute approximate surface area is 259 Å². The van der Waals surface area contributed by atoms with Gasteiger partial charge >= 0.3 is 6.18 Å². The largest absolute Gasteiger partial charge is 0.416 e. The second-order valence-electron chi connectivity index (χ2n) is 11.4. The predicted molar refractivity (Wildman–Crippen MR) is 170 cm³/mol. The molecule has 0 atom stereocenters. The van der Waals surface area contributed by atoms with Crippen LogP contribution in [0.5, 0.6) is 0 Å². The van der Waals surface area contributed by atoms with E-state index in [1.54, 1.807) is 29.2 Å². The fourth-order valence-electron chi connectivity index (χ4n) is 5.47. The molecule has 0 saturated carbocycles. The van der Waals surface area contributed by atoms with Crippen LogP contribution in [-0.2, 0) is 17.4 Å². The summed E-state index contributed by atoms with van der Waals surface area (Å²) in [7, 11) is 2.15. The van der Waals surface area contributed by atoms with Crippen molar-refractivity contribution < 1.29 is 18.0 Å². The lowest BCUT2D eigenvalue weighted by atomic mass is 10.0. The summed E-state index contributed by atoms with van der Waals surface area (Å²) in [5, 5.41) is 7.38. The molecule has 0 spiro atoms. The Morgan fingerprint density at radius 2 is 1.58 bits per heavy atom. The van der Waals surface area contributed by atoms with Gasteiger partial charge in [0.25, 0.3) is 0 Å². The van der Waals surface area contributed by atoms with Crippen molar-refractivity contribution in [1.29, 1.82) is 0 Å². The molecule has 0 unspecified atom stereocenters. The van der Waals surface area contributed by atoms with E-state index >= 15 is 0 Å². The van der Waals surface area contributed by atoms with Gasteiger partial charge in [-0.25, -0.2) is 4.68 Å².